The zero-order chi connectivity index (χ0) is 19.8. The predicted molar refractivity (Wildman–Crippen MR) is 109 cm³/mol. The standard InChI is InChI=1S/C24H19NO3/c1-28-22-16-8-5-10-18(22)13-9-17-25-24(27)21-15-7-6-14-20(21)23(26)19-11-3-2-4-12-19/h2-8,10-12,14-16H,17H2,1H3,(H,25,27). The van der Waals surface area contributed by atoms with E-state index < -0.39 is 0 Å². The molecule has 0 unspecified atom stereocenters. The zero-order valence-corrected chi connectivity index (χ0v) is 15.4. The largest absolute Gasteiger partial charge is 0.495 e. The van der Waals surface area contributed by atoms with E-state index >= 15 is 0 Å². The van der Waals surface area contributed by atoms with Gasteiger partial charge in [-0.05, 0) is 18.2 Å². The Morgan fingerprint density at radius 2 is 1.50 bits per heavy atom. The smallest absolute Gasteiger partial charge is 0.252 e. The summed E-state index contributed by atoms with van der Waals surface area (Å²) in [6.45, 7) is 0.157. The third kappa shape index (κ3) is 4.46. The number of carbonyl (C=O) groups is 2. The maximum Gasteiger partial charge on any atom is 0.252 e. The van der Waals surface area contributed by atoms with E-state index in [0.29, 0.717) is 22.4 Å². The average Bonchev–Trinajstić information content (AvgIpc) is 2.77. The fourth-order valence-corrected chi connectivity index (χ4v) is 2.73. The third-order valence-corrected chi connectivity index (χ3v) is 4.12. The van der Waals surface area contributed by atoms with Gasteiger partial charge in [-0.2, -0.15) is 0 Å². The molecule has 0 fully saturated rings. The van der Waals surface area contributed by atoms with Crippen LogP contribution in [-0.2, 0) is 0 Å². The van der Waals surface area contributed by atoms with Crippen LogP contribution in [0, 0.1) is 11.8 Å². The first kappa shape index (κ1) is 18.9. The SMILES string of the molecule is COc1ccccc1C#CCNC(=O)c1ccccc1C(=O)c1ccccc1. The summed E-state index contributed by atoms with van der Waals surface area (Å²) in [6.07, 6.45) is 0. The second-order valence-electron chi connectivity index (χ2n) is 5.93. The number of ketones is 1. The molecule has 1 amide bonds. The first-order chi connectivity index (χ1) is 13.7. The quantitative estimate of drug-likeness (QED) is 0.551. The van der Waals surface area contributed by atoms with Crippen molar-refractivity contribution in [1.29, 1.82) is 0 Å². The van der Waals surface area contributed by atoms with Crippen LogP contribution in [-0.4, -0.2) is 25.3 Å². The summed E-state index contributed by atoms with van der Waals surface area (Å²) in [7, 11) is 1.59. The number of amides is 1. The molecule has 138 valence electrons. The minimum atomic E-state index is -0.339. The van der Waals surface area contributed by atoms with Crippen molar-refractivity contribution in [3.63, 3.8) is 0 Å². The van der Waals surface area contributed by atoms with Gasteiger partial charge in [-0.15, -0.1) is 0 Å². The van der Waals surface area contributed by atoms with Crippen LogP contribution in [0.15, 0.2) is 78.9 Å². The van der Waals surface area contributed by atoms with E-state index in [0.717, 1.165) is 5.56 Å². The summed E-state index contributed by atoms with van der Waals surface area (Å²) in [6, 6.07) is 23.1. The Kier molecular flexibility index (Phi) is 6.22. The van der Waals surface area contributed by atoms with Crippen molar-refractivity contribution < 1.29 is 14.3 Å². The molecule has 4 heteroatoms. The van der Waals surface area contributed by atoms with Crippen LogP contribution >= 0.6 is 0 Å². The Morgan fingerprint density at radius 1 is 0.857 bits per heavy atom. The van der Waals surface area contributed by atoms with Gasteiger partial charge < -0.3 is 10.1 Å². The maximum absolute atomic E-state index is 12.7. The van der Waals surface area contributed by atoms with E-state index in [2.05, 4.69) is 17.2 Å². The maximum atomic E-state index is 12.7. The molecule has 1 N–H and O–H groups in total. The number of carbonyl (C=O) groups excluding carboxylic acids is 2. The lowest BCUT2D eigenvalue weighted by Gasteiger charge is -2.08. The molecule has 3 aromatic carbocycles. The third-order valence-electron chi connectivity index (χ3n) is 4.12. The van der Waals surface area contributed by atoms with Crippen LogP contribution in [0.25, 0.3) is 0 Å². The number of rotatable bonds is 5. The fourth-order valence-electron chi connectivity index (χ4n) is 2.73. The van der Waals surface area contributed by atoms with Crippen LogP contribution in [0.4, 0.5) is 0 Å². The van der Waals surface area contributed by atoms with E-state index in [1.54, 1.807) is 55.6 Å². The second-order valence-corrected chi connectivity index (χ2v) is 5.93. The van der Waals surface area contributed by atoms with Gasteiger partial charge in [0.05, 0.1) is 24.8 Å². The Morgan fingerprint density at radius 3 is 2.25 bits per heavy atom. The number of benzene rings is 3. The van der Waals surface area contributed by atoms with Crippen molar-refractivity contribution in [2.45, 2.75) is 0 Å². The molecule has 0 aliphatic carbocycles. The summed E-state index contributed by atoms with van der Waals surface area (Å²) in [5, 5.41) is 2.75. The van der Waals surface area contributed by atoms with Gasteiger partial charge in [0.2, 0.25) is 0 Å². The molecule has 28 heavy (non-hydrogen) atoms. The van der Waals surface area contributed by atoms with Crippen molar-refractivity contribution in [3.8, 4) is 17.6 Å². The lowest BCUT2D eigenvalue weighted by Crippen LogP contribution is -2.25. The number of ether oxygens (including phenoxy) is 1. The molecule has 0 aliphatic heterocycles. The lowest BCUT2D eigenvalue weighted by molar-refractivity contribution is 0.0946. The molecule has 0 saturated heterocycles. The predicted octanol–water partition coefficient (Wildman–Crippen LogP) is 3.71. The topological polar surface area (TPSA) is 55.4 Å². The number of nitrogens with one attached hydrogen (secondary N) is 1. The minimum absolute atomic E-state index is 0.157. The van der Waals surface area contributed by atoms with Gasteiger partial charge in [-0.25, -0.2) is 0 Å². The average molecular weight is 369 g/mol. The van der Waals surface area contributed by atoms with Gasteiger partial charge in [-0.1, -0.05) is 72.5 Å². The number of para-hydroxylation sites is 1. The molecule has 4 nitrogen and oxygen atoms in total. The van der Waals surface area contributed by atoms with Crippen molar-refractivity contribution >= 4 is 11.7 Å². The van der Waals surface area contributed by atoms with E-state index in [-0.39, 0.29) is 18.2 Å². The van der Waals surface area contributed by atoms with Crippen LogP contribution in [0.5, 0.6) is 5.75 Å². The first-order valence-electron chi connectivity index (χ1n) is 8.79. The van der Waals surface area contributed by atoms with E-state index in [4.69, 9.17) is 4.74 Å². The first-order valence-corrected chi connectivity index (χ1v) is 8.79. The van der Waals surface area contributed by atoms with E-state index in [1.165, 1.54) is 0 Å². The van der Waals surface area contributed by atoms with E-state index in [9.17, 15) is 9.59 Å². The van der Waals surface area contributed by atoms with E-state index in [1.807, 2.05) is 30.3 Å². The van der Waals surface area contributed by atoms with Gasteiger partial charge in [0.25, 0.3) is 5.91 Å². The number of hydrogen-bond acceptors (Lipinski definition) is 3. The molecule has 0 saturated carbocycles. The highest BCUT2D eigenvalue weighted by Gasteiger charge is 2.17. The molecule has 0 heterocycles. The van der Waals surface area contributed by atoms with Gasteiger partial charge in [-0.3, -0.25) is 9.59 Å². The van der Waals surface area contributed by atoms with Gasteiger partial charge >= 0.3 is 0 Å². The molecule has 0 aliphatic rings. The summed E-state index contributed by atoms with van der Waals surface area (Å²) in [5.74, 6) is 6.04. The molecule has 0 spiro atoms. The highest BCUT2D eigenvalue weighted by atomic mass is 16.5. The lowest BCUT2D eigenvalue weighted by atomic mass is 9.98. The van der Waals surface area contributed by atoms with Crippen molar-refractivity contribution in [3.05, 3.63) is 101 Å². The second kappa shape index (κ2) is 9.20. The monoisotopic (exact) mass is 369 g/mol. The Balaban J connectivity index is 1.72. The molecule has 3 aromatic rings. The normalized spacial score (nSPS) is 9.75. The molecule has 0 bridgehead atoms. The molecule has 3 rings (SSSR count). The van der Waals surface area contributed by atoms with Gasteiger partial charge in [0.1, 0.15) is 5.75 Å². The van der Waals surface area contributed by atoms with Crippen molar-refractivity contribution in [2.24, 2.45) is 0 Å². The molecule has 0 aromatic heterocycles. The van der Waals surface area contributed by atoms with Crippen LogP contribution < -0.4 is 10.1 Å². The highest BCUT2D eigenvalue weighted by molar-refractivity contribution is 6.15. The Bertz CT molecular complexity index is 1050. The van der Waals surface area contributed by atoms with Crippen molar-refractivity contribution in [2.75, 3.05) is 13.7 Å². The van der Waals surface area contributed by atoms with Crippen LogP contribution in [0.3, 0.4) is 0 Å². The minimum Gasteiger partial charge on any atom is -0.495 e. The molecular formula is C24H19NO3. The van der Waals surface area contributed by atoms with Gasteiger partial charge in [0, 0.05) is 11.1 Å². The van der Waals surface area contributed by atoms with Crippen LogP contribution in [0.2, 0.25) is 0 Å². The Labute approximate surface area is 164 Å². The van der Waals surface area contributed by atoms with Gasteiger partial charge in [0.15, 0.2) is 5.78 Å². The zero-order valence-electron chi connectivity index (χ0n) is 15.4. The molecule has 0 atom stereocenters. The summed E-state index contributed by atoms with van der Waals surface area (Å²) in [4.78, 5) is 25.3. The molecule has 0 radical (unpaired) electrons. The molecular weight excluding hydrogens is 350 g/mol. The fraction of sp³-hybridized carbons (Fsp3) is 0.0833. The Hall–Kier alpha value is -3.84. The van der Waals surface area contributed by atoms with Crippen molar-refractivity contribution in [1.82, 2.24) is 5.32 Å². The summed E-state index contributed by atoms with van der Waals surface area (Å²) < 4.78 is 5.25. The highest BCUT2D eigenvalue weighted by Crippen LogP contribution is 2.16. The summed E-state index contributed by atoms with van der Waals surface area (Å²) >= 11 is 0. The van der Waals surface area contributed by atoms with Crippen LogP contribution in [0.1, 0.15) is 31.8 Å². The number of hydrogen-bond donors (Lipinski definition) is 1. The number of methoxy groups -OCH3 is 1. The summed E-state index contributed by atoms with van der Waals surface area (Å²) in [5.41, 5.74) is 1.98.